The number of methoxy groups -OCH3 is 3. The third-order valence-electron chi connectivity index (χ3n) is 23.2. The van der Waals surface area contributed by atoms with Gasteiger partial charge >= 0.3 is 59.7 Å². The lowest BCUT2D eigenvalue weighted by molar-refractivity contribution is -0.158. The number of carboxylic acids is 2. The fourth-order valence-corrected chi connectivity index (χ4v) is 21.6. The minimum atomic E-state index is -1.35. The fourth-order valence-electron chi connectivity index (χ4n) is 15.3. The monoisotopic (exact) mass is 2160 g/mol. The lowest BCUT2D eigenvalue weighted by Gasteiger charge is -2.50. The number of oxime groups is 1. The molecule has 8 atom stereocenters. The number of carbonyl (C=O) groups is 16. The summed E-state index contributed by atoms with van der Waals surface area (Å²) in [6.07, 6.45) is 4.09. The number of aromatic nitrogens is 9. The zero-order valence-electron chi connectivity index (χ0n) is 84.7. The van der Waals surface area contributed by atoms with Gasteiger partial charge in [0.25, 0.3) is 5.91 Å². The Kier molecular flexibility index (Phi) is 41.4. The summed E-state index contributed by atoms with van der Waals surface area (Å²) in [4.78, 5) is 206. The molecule has 8 aliphatic rings. The Morgan fingerprint density at radius 1 is 0.503 bits per heavy atom. The molecule has 8 aliphatic heterocycles. The number of ketones is 1. The van der Waals surface area contributed by atoms with Crippen molar-refractivity contribution >= 4 is 171 Å². The van der Waals surface area contributed by atoms with Crippen molar-refractivity contribution in [3.8, 4) is 17.2 Å². The minimum absolute atomic E-state index is 0.00856. The molecule has 46 nitrogen and oxygen atoms in total. The number of ether oxygens (including phenoxy) is 11. The van der Waals surface area contributed by atoms with E-state index in [1.807, 2.05) is 75.4 Å². The topological polar surface area (TPSA) is 588 Å². The number of fused-ring (bicyclic) bond motifs is 4. The molecule has 4 fully saturated rings. The van der Waals surface area contributed by atoms with Crippen LogP contribution in [0.15, 0.2) is 137 Å². The molecule has 5 N–H and O–H groups in total. The number of aryl methyl sites for hydroxylation is 3. The molecule has 0 saturated carbocycles. The molecular formula is C98H116N16O30S5. The second-order valence-corrected chi connectivity index (χ2v) is 40.8. The highest BCUT2D eigenvalue weighted by Gasteiger charge is 2.58. The van der Waals surface area contributed by atoms with Crippen molar-refractivity contribution in [2.45, 2.75) is 174 Å². The molecular weight excluding hydrogens is 2040 g/mol. The standard InChI is InChI=1S/C24H27N5O6S.C24H28N2O7S.C19H22N6O4S.C16H22N2O6S.C15H17NO7S/c1-5-8-34-20(31)10-19-23(32)29-21(17(12-35-15(3)30)13-36-24(19)29)22-25-26-27-28(22)11-16-6-7-18(33-4)9-14(16)2;1-5-8-32-20(28)10-19-23(30)26-21(17(12-33-15(3)27)13-34-24(19)26)22(29)25-11-16-6-7-18(31-4)9-14(16)2;1-10-6-14(28-3)5-4-12(10)7-24-17(21-22-23-24)16-13(8-29-11(2)26)9-30-19-15(20)18(27)25(16)19;1-9(19)16(5,6)24-18-13(14(21)22)10-8-25-11(17-10)7-12(20)23-15(2,3)4;1-3-4-22-11(18)5-10-13(19)16-12(15(20)21)9(6-23-8(2)17)7-24-14(10)16/h5-7,9,19,24H,1,8,10-13H2,2-4H3;5-7,9,19,24H,1,8,10-13H2,2-4H3,(H,25,29);4-6,15,19H,7-9,20H2,1-3H3;8H,7H2,1-6H3,(H,21,22);3,10,14H,1,4-7H2,2H3,(H,20,21)/b;;;18-13-;/t2*19-,24-;15-,19-;;10-,14-/m111.1/s1. The number of thioether (sulfide) groups is 4. The Balaban J connectivity index is 0.000000192. The summed E-state index contributed by atoms with van der Waals surface area (Å²) in [7, 11) is 4.82. The van der Waals surface area contributed by atoms with Crippen LogP contribution in [0.25, 0.3) is 11.4 Å². The van der Waals surface area contributed by atoms with Gasteiger partial charge in [0.15, 0.2) is 23.0 Å². The average Bonchev–Trinajstić information content (AvgIpc) is 1.73. The Morgan fingerprint density at radius 3 is 1.26 bits per heavy atom. The molecule has 6 aromatic rings. The number of carboxylic acid groups (broad SMARTS) is 2. The number of aliphatic carboxylic acids is 2. The number of hydrogen-bond acceptors (Lipinski definition) is 42. The minimum Gasteiger partial charge on any atom is -0.497 e. The van der Waals surface area contributed by atoms with E-state index >= 15 is 0 Å². The van der Waals surface area contributed by atoms with Gasteiger partial charge in [0.05, 0.1) is 105 Å². The zero-order valence-corrected chi connectivity index (χ0v) is 88.8. The molecule has 0 radical (unpaired) electrons. The number of Topliss-reactive ketones (excluding diaryl/α,β-unsaturated/α-hetero) is 1. The quantitative estimate of drug-likeness (QED) is 0.00729. The first-order valence-electron chi connectivity index (χ1n) is 46.1. The van der Waals surface area contributed by atoms with Crippen molar-refractivity contribution < 1.29 is 144 Å². The van der Waals surface area contributed by atoms with Crippen LogP contribution in [0.3, 0.4) is 0 Å². The lowest BCUT2D eigenvalue weighted by Crippen LogP contribution is -2.67. The highest BCUT2D eigenvalue weighted by Crippen LogP contribution is 2.51. The number of nitrogens with two attached hydrogens (primary N) is 1. The van der Waals surface area contributed by atoms with Gasteiger partial charge in [-0.3, -0.25) is 86.7 Å². The third-order valence-corrected chi connectivity index (χ3v) is 29.6. The van der Waals surface area contributed by atoms with E-state index in [0.29, 0.717) is 75.3 Å². The number of tetrazole rings is 2. The zero-order chi connectivity index (χ0) is 109. The Labute approximate surface area is 877 Å². The van der Waals surface area contributed by atoms with Crippen LogP contribution in [0.2, 0.25) is 0 Å². The van der Waals surface area contributed by atoms with Gasteiger partial charge in [0.1, 0.15) is 103 Å². The fraction of sp³-hybridized carbons (Fsp3) is 0.449. The predicted molar refractivity (Wildman–Crippen MR) is 541 cm³/mol. The van der Waals surface area contributed by atoms with Gasteiger partial charge in [-0.15, -0.1) is 68.6 Å². The summed E-state index contributed by atoms with van der Waals surface area (Å²) in [6, 6.07) is 16.5. The first-order valence-corrected chi connectivity index (χ1v) is 51.1. The number of nitrogens with zero attached hydrogens (tertiary/aromatic N) is 14. The van der Waals surface area contributed by atoms with E-state index < -0.39 is 118 Å². The Morgan fingerprint density at radius 2 is 0.879 bits per heavy atom. The van der Waals surface area contributed by atoms with Gasteiger partial charge in [0, 0.05) is 84.9 Å². The van der Waals surface area contributed by atoms with Gasteiger partial charge in [-0.2, -0.15) is 0 Å². The average molecular weight is 2160 g/mol. The molecule has 0 bridgehead atoms. The first-order chi connectivity index (χ1) is 70.7. The van der Waals surface area contributed by atoms with Gasteiger partial charge < -0.3 is 78.2 Å². The van der Waals surface area contributed by atoms with E-state index in [2.05, 4.69) is 66.2 Å². The summed E-state index contributed by atoms with van der Waals surface area (Å²) in [5.41, 5.74) is 13.1. The number of β-lactam (4-membered cyclic amide) rings is 4. The third kappa shape index (κ3) is 30.0. The van der Waals surface area contributed by atoms with E-state index in [-0.39, 0.29) is 135 Å². The molecule has 0 spiro atoms. The van der Waals surface area contributed by atoms with Crippen molar-refractivity contribution in [2.24, 2.45) is 28.6 Å². The largest absolute Gasteiger partial charge is 0.497 e. The summed E-state index contributed by atoms with van der Waals surface area (Å²) in [6.45, 7) is 32.1. The summed E-state index contributed by atoms with van der Waals surface area (Å²) in [5, 5.41) is 50.1. The van der Waals surface area contributed by atoms with Crippen LogP contribution in [0, 0.1) is 38.5 Å². The molecule has 11 heterocycles. The number of nitrogens with one attached hydrogen (secondary N) is 1. The van der Waals surface area contributed by atoms with E-state index in [1.165, 1.54) is 112 Å². The molecule has 0 aliphatic carbocycles. The number of carbonyl (C=O) groups excluding carboxylic acids is 14. The van der Waals surface area contributed by atoms with E-state index in [4.69, 9.17) is 62.7 Å². The van der Waals surface area contributed by atoms with Crippen LogP contribution in [0.4, 0.5) is 0 Å². The lowest BCUT2D eigenvalue weighted by atomic mass is 9.92. The maximum atomic E-state index is 13.2. The molecule has 149 heavy (non-hydrogen) atoms. The number of hydrogen-bond donors (Lipinski definition) is 4. The van der Waals surface area contributed by atoms with Crippen molar-refractivity contribution in [1.82, 2.24) is 70.3 Å². The van der Waals surface area contributed by atoms with Gasteiger partial charge in [-0.25, -0.2) is 23.9 Å². The molecule has 5 amide bonds. The number of benzene rings is 3. The van der Waals surface area contributed by atoms with Crippen LogP contribution in [-0.4, -0.2) is 305 Å². The van der Waals surface area contributed by atoms with Gasteiger partial charge in [0.2, 0.25) is 29.3 Å². The molecule has 51 heteroatoms. The van der Waals surface area contributed by atoms with Crippen LogP contribution >= 0.6 is 58.4 Å². The normalized spacial score (nSPS) is 18.8. The van der Waals surface area contributed by atoms with Crippen molar-refractivity contribution in [1.29, 1.82) is 0 Å². The van der Waals surface area contributed by atoms with E-state index in [0.717, 1.165) is 78.0 Å². The van der Waals surface area contributed by atoms with Crippen LogP contribution in [-0.2, 0) is 146 Å². The molecule has 798 valence electrons. The van der Waals surface area contributed by atoms with Crippen molar-refractivity contribution in [3.05, 3.63) is 187 Å². The summed E-state index contributed by atoms with van der Waals surface area (Å²) >= 11 is 6.92. The molecule has 0 unspecified atom stereocenters. The molecule has 3 aromatic carbocycles. The van der Waals surface area contributed by atoms with Gasteiger partial charge in [-0.05, 0) is 153 Å². The number of thiazole rings is 1. The highest BCUT2D eigenvalue weighted by atomic mass is 32.2. The maximum absolute atomic E-state index is 13.2. The second-order valence-electron chi connectivity index (χ2n) is 35.4. The summed E-state index contributed by atoms with van der Waals surface area (Å²) in [5.74, 6) is -5.22. The molecule has 14 rings (SSSR count). The van der Waals surface area contributed by atoms with E-state index in [1.54, 1.807) is 73.0 Å². The van der Waals surface area contributed by atoms with Crippen LogP contribution in [0.1, 0.15) is 144 Å². The van der Waals surface area contributed by atoms with Crippen molar-refractivity contribution in [2.75, 3.05) is 90.6 Å². The maximum Gasteiger partial charge on any atom is 0.360 e. The van der Waals surface area contributed by atoms with Gasteiger partial charge in [-0.1, -0.05) is 61.3 Å². The highest BCUT2D eigenvalue weighted by molar-refractivity contribution is 8.01. The van der Waals surface area contributed by atoms with Crippen molar-refractivity contribution in [3.63, 3.8) is 0 Å². The Hall–Kier alpha value is -14.4. The Bertz CT molecular complexity index is 6330. The summed E-state index contributed by atoms with van der Waals surface area (Å²) < 4.78 is 59.6. The smallest absolute Gasteiger partial charge is 0.360 e. The second kappa shape index (κ2) is 52.9. The molecule has 3 aromatic heterocycles. The predicted octanol–water partition coefficient (Wildman–Crippen LogP) is 7.34. The first kappa shape index (κ1) is 116. The number of esters is 8. The van der Waals surface area contributed by atoms with Crippen LogP contribution in [0.5, 0.6) is 17.2 Å². The van der Waals surface area contributed by atoms with Crippen LogP contribution < -0.4 is 25.3 Å². The van der Waals surface area contributed by atoms with E-state index in [9.17, 15) is 86.9 Å². The molecule has 4 saturated heterocycles. The number of amides is 5. The SMILES string of the molecule is C=CCOC(=O)C[C@@H]1C(=O)N2C(C(=O)NCc3ccc(OC)cc3C)=C(COC(C)=O)CS[C@H]12.C=CCOC(=O)C[C@@H]1C(=O)N2C(C(=O)O)=C(COC(C)=O)CS[C@H]12.C=CCOC(=O)C[C@@H]1C(=O)N2C(c3nnnn3Cc3ccc(OC)cc3C)=C(COC(C)=O)CS[C@H]12.CC(=O)C(C)(C)O/N=C(\C(=O)O)c1csc(CC(=O)OC(C)(C)C)n1.COc1ccc(Cn2nnnc2C2=C(COC(C)=O)CS[C@@H]3[C@H](N)C(=O)N23)c(C)c1. The number of rotatable bonds is 40.